The van der Waals surface area contributed by atoms with Gasteiger partial charge < -0.3 is 10.1 Å². The van der Waals surface area contributed by atoms with E-state index in [0.29, 0.717) is 5.06 Å². The number of nitrogens with zero attached hydrogens (tertiary/aromatic N) is 1. The van der Waals surface area contributed by atoms with Crippen LogP contribution < -0.4 is 5.32 Å². The van der Waals surface area contributed by atoms with Crippen molar-refractivity contribution < 1.29 is 27.9 Å². The second-order valence-electron chi connectivity index (χ2n) is 4.78. The van der Waals surface area contributed by atoms with Gasteiger partial charge in [0.15, 0.2) is 0 Å². The van der Waals surface area contributed by atoms with Crippen LogP contribution >= 0.6 is 0 Å². The van der Waals surface area contributed by atoms with Crippen molar-refractivity contribution in [1.82, 2.24) is 10.4 Å². The molecule has 1 heterocycles. The predicted molar refractivity (Wildman–Crippen MR) is 56.8 cm³/mol. The van der Waals surface area contributed by atoms with Crippen molar-refractivity contribution in [3.63, 3.8) is 0 Å². The van der Waals surface area contributed by atoms with Gasteiger partial charge in [-0.1, -0.05) is 0 Å². The Balaban J connectivity index is 2.45. The van der Waals surface area contributed by atoms with E-state index < -0.39 is 36.6 Å². The van der Waals surface area contributed by atoms with Crippen molar-refractivity contribution in [2.75, 3.05) is 13.2 Å². The monoisotopic (exact) mass is 266 g/mol. The van der Waals surface area contributed by atoms with E-state index in [-0.39, 0.29) is 6.61 Å². The Labute approximate surface area is 103 Å². The van der Waals surface area contributed by atoms with E-state index in [9.17, 15) is 18.4 Å². The molecule has 0 bridgehead atoms. The molecule has 8 heteroatoms. The van der Waals surface area contributed by atoms with Crippen LogP contribution in [0.5, 0.6) is 0 Å². The van der Waals surface area contributed by atoms with Crippen LogP contribution in [0.3, 0.4) is 0 Å². The third kappa shape index (κ3) is 4.44. The summed E-state index contributed by atoms with van der Waals surface area (Å²) in [6, 6.07) is -0.987. The SMILES string of the molecule is CC(C)(C)OC(=O)N[C@@H]1CON(CC(F)F)C1=O. The second-order valence-corrected chi connectivity index (χ2v) is 4.78. The minimum absolute atomic E-state index is 0.176. The molecule has 1 fully saturated rings. The molecule has 0 unspecified atom stereocenters. The number of rotatable bonds is 3. The van der Waals surface area contributed by atoms with Gasteiger partial charge in [0.1, 0.15) is 24.8 Å². The number of ether oxygens (including phenoxy) is 1. The summed E-state index contributed by atoms with van der Waals surface area (Å²) in [5.74, 6) is -0.707. The molecule has 0 aromatic rings. The minimum atomic E-state index is -2.69. The lowest BCUT2D eigenvalue weighted by molar-refractivity contribution is -0.169. The van der Waals surface area contributed by atoms with Gasteiger partial charge in [0.2, 0.25) is 0 Å². The molecule has 2 amide bonds. The van der Waals surface area contributed by atoms with Crippen LogP contribution in [0, 0.1) is 0 Å². The van der Waals surface area contributed by atoms with Gasteiger partial charge in [-0.05, 0) is 20.8 Å². The molecule has 0 saturated carbocycles. The zero-order valence-electron chi connectivity index (χ0n) is 10.4. The number of hydrogen-bond donors (Lipinski definition) is 1. The van der Waals surface area contributed by atoms with E-state index in [1.54, 1.807) is 20.8 Å². The third-order valence-electron chi connectivity index (χ3n) is 1.94. The topological polar surface area (TPSA) is 67.9 Å². The maximum atomic E-state index is 12.1. The summed E-state index contributed by atoms with van der Waals surface area (Å²) in [6.07, 6.45) is -3.47. The predicted octanol–water partition coefficient (Wildman–Crippen LogP) is 0.919. The molecule has 1 aliphatic heterocycles. The van der Waals surface area contributed by atoms with E-state index in [4.69, 9.17) is 9.57 Å². The third-order valence-corrected chi connectivity index (χ3v) is 1.94. The molecule has 0 aromatic heterocycles. The number of hydroxylamine groups is 2. The van der Waals surface area contributed by atoms with Gasteiger partial charge >= 0.3 is 6.09 Å². The van der Waals surface area contributed by atoms with Crippen LogP contribution in [-0.4, -0.2) is 48.3 Å². The first-order chi connectivity index (χ1) is 8.19. The molecule has 1 saturated heterocycles. The summed E-state index contributed by atoms with van der Waals surface area (Å²) in [4.78, 5) is 27.7. The molecule has 0 aliphatic carbocycles. The lowest BCUT2D eigenvalue weighted by Crippen LogP contribution is -2.45. The maximum Gasteiger partial charge on any atom is 0.408 e. The molecule has 104 valence electrons. The minimum Gasteiger partial charge on any atom is -0.444 e. The zero-order chi connectivity index (χ0) is 13.9. The van der Waals surface area contributed by atoms with Crippen molar-refractivity contribution in [3.05, 3.63) is 0 Å². The number of nitrogens with one attached hydrogen (secondary N) is 1. The fourth-order valence-corrected chi connectivity index (χ4v) is 1.29. The molecule has 0 radical (unpaired) electrons. The lowest BCUT2D eigenvalue weighted by atomic mass is 10.2. The Bertz CT molecular complexity index is 330. The summed E-state index contributed by atoms with van der Waals surface area (Å²) in [5, 5.41) is 2.81. The molecule has 0 spiro atoms. The highest BCUT2D eigenvalue weighted by Gasteiger charge is 2.36. The number of carbonyl (C=O) groups excluding carboxylic acids is 2. The van der Waals surface area contributed by atoms with Gasteiger partial charge in [-0.3, -0.25) is 9.63 Å². The number of hydrogen-bond acceptors (Lipinski definition) is 4. The molecular weight excluding hydrogens is 250 g/mol. The Morgan fingerprint density at radius 3 is 2.72 bits per heavy atom. The number of amides is 2. The highest BCUT2D eigenvalue weighted by Crippen LogP contribution is 2.12. The van der Waals surface area contributed by atoms with Crippen LogP contribution in [0.1, 0.15) is 20.8 Å². The summed E-state index contributed by atoms with van der Waals surface area (Å²) in [7, 11) is 0. The van der Waals surface area contributed by atoms with Crippen molar-refractivity contribution in [2.45, 2.75) is 38.8 Å². The number of alkyl halides is 2. The van der Waals surface area contributed by atoms with E-state index in [1.807, 2.05) is 0 Å². The molecule has 1 N–H and O–H groups in total. The Morgan fingerprint density at radius 2 is 2.22 bits per heavy atom. The summed E-state index contributed by atoms with van der Waals surface area (Å²) in [5.41, 5.74) is -0.699. The second kappa shape index (κ2) is 5.47. The van der Waals surface area contributed by atoms with Gasteiger partial charge in [0.25, 0.3) is 12.3 Å². The molecule has 6 nitrogen and oxygen atoms in total. The molecule has 0 aromatic carbocycles. The van der Waals surface area contributed by atoms with Crippen LogP contribution in [0.25, 0.3) is 0 Å². The van der Waals surface area contributed by atoms with E-state index in [1.165, 1.54) is 0 Å². The maximum absolute atomic E-state index is 12.1. The molecule has 1 atom stereocenters. The first-order valence-electron chi connectivity index (χ1n) is 5.41. The summed E-state index contributed by atoms with van der Waals surface area (Å²) in [6.45, 7) is 4.02. The van der Waals surface area contributed by atoms with E-state index in [2.05, 4.69) is 5.32 Å². The molecule has 18 heavy (non-hydrogen) atoms. The Hall–Kier alpha value is -1.44. The Kier molecular flexibility index (Phi) is 4.44. The number of alkyl carbamates (subject to hydrolysis) is 1. The highest BCUT2D eigenvalue weighted by atomic mass is 19.3. The average molecular weight is 266 g/mol. The van der Waals surface area contributed by atoms with Crippen molar-refractivity contribution >= 4 is 12.0 Å². The van der Waals surface area contributed by atoms with Crippen LogP contribution in [0.4, 0.5) is 13.6 Å². The fraction of sp³-hybridized carbons (Fsp3) is 0.800. The summed E-state index contributed by atoms with van der Waals surface area (Å²) >= 11 is 0. The van der Waals surface area contributed by atoms with E-state index >= 15 is 0 Å². The standard InChI is InChI=1S/C10H16F2N2O4/c1-10(2,3)18-9(16)13-6-5-17-14(8(6)15)4-7(11)12/h6-7H,4-5H2,1-3H3,(H,13,16)/t6-/m1/s1. The van der Waals surface area contributed by atoms with Gasteiger partial charge in [0.05, 0.1) is 0 Å². The first kappa shape index (κ1) is 14.6. The van der Waals surface area contributed by atoms with Gasteiger partial charge in [-0.2, -0.15) is 0 Å². The molecule has 1 rings (SSSR count). The van der Waals surface area contributed by atoms with Crippen molar-refractivity contribution in [2.24, 2.45) is 0 Å². The fourth-order valence-electron chi connectivity index (χ4n) is 1.29. The van der Waals surface area contributed by atoms with Gasteiger partial charge in [0, 0.05) is 0 Å². The normalized spacial score (nSPS) is 20.4. The van der Waals surface area contributed by atoms with Crippen LogP contribution in [-0.2, 0) is 14.4 Å². The van der Waals surface area contributed by atoms with Gasteiger partial charge in [-0.25, -0.2) is 18.6 Å². The molecule has 1 aliphatic rings. The first-order valence-corrected chi connectivity index (χ1v) is 5.41. The van der Waals surface area contributed by atoms with Crippen LogP contribution in [0.2, 0.25) is 0 Å². The van der Waals surface area contributed by atoms with Gasteiger partial charge in [-0.15, -0.1) is 0 Å². The average Bonchev–Trinajstić information content (AvgIpc) is 2.46. The van der Waals surface area contributed by atoms with Crippen molar-refractivity contribution in [3.8, 4) is 0 Å². The summed E-state index contributed by atoms with van der Waals surface area (Å²) < 4.78 is 29.1. The quantitative estimate of drug-likeness (QED) is 0.824. The highest BCUT2D eigenvalue weighted by molar-refractivity contribution is 5.86. The Morgan fingerprint density at radius 1 is 1.61 bits per heavy atom. The lowest BCUT2D eigenvalue weighted by Gasteiger charge is -2.20. The van der Waals surface area contributed by atoms with Crippen molar-refractivity contribution in [1.29, 1.82) is 0 Å². The van der Waals surface area contributed by atoms with E-state index in [0.717, 1.165) is 0 Å². The largest absolute Gasteiger partial charge is 0.444 e. The number of halogens is 2. The smallest absolute Gasteiger partial charge is 0.408 e. The number of carbonyl (C=O) groups is 2. The molecular formula is C10H16F2N2O4. The zero-order valence-corrected chi connectivity index (χ0v) is 10.4. The van der Waals surface area contributed by atoms with Crippen LogP contribution in [0.15, 0.2) is 0 Å².